The lowest BCUT2D eigenvalue weighted by Crippen LogP contribution is -2.09. The van der Waals surface area contributed by atoms with E-state index in [2.05, 4.69) is 10.2 Å². The smallest absolute Gasteiger partial charge is 0.320 e. The summed E-state index contributed by atoms with van der Waals surface area (Å²) in [6.07, 6.45) is 0.633. The van der Waals surface area contributed by atoms with Crippen LogP contribution in [0, 0.1) is 0 Å². The number of ether oxygens (including phenoxy) is 1. The second-order valence-corrected chi connectivity index (χ2v) is 5.48. The van der Waals surface area contributed by atoms with E-state index in [0.717, 1.165) is 5.56 Å². The molecule has 1 saturated heterocycles. The Kier molecular flexibility index (Phi) is 3.25. The first kappa shape index (κ1) is 12.2. The maximum Gasteiger partial charge on any atom is 0.320 e. The molecular weight excluding hydrogens is 264 g/mol. The molecule has 98 valence electrons. The van der Waals surface area contributed by atoms with Gasteiger partial charge >= 0.3 is 5.97 Å². The number of esters is 1. The molecule has 19 heavy (non-hydrogen) atoms. The van der Waals surface area contributed by atoms with Gasteiger partial charge < -0.3 is 9.15 Å². The second kappa shape index (κ2) is 5.05. The van der Waals surface area contributed by atoms with Crippen LogP contribution < -0.4 is 0 Å². The highest BCUT2D eigenvalue weighted by Crippen LogP contribution is 2.32. The number of cyclic esters (lactones) is 1. The summed E-state index contributed by atoms with van der Waals surface area (Å²) in [4.78, 5) is 11.5. The summed E-state index contributed by atoms with van der Waals surface area (Å²) < 4.78 is 10.6. The van der Waals surface area contributed by atoms with Crippen LogP contribution >= 0.6 is 11.8 Å². The van der Waals surface area contributed by atoms with Crippen molar-refractivity contribution in [3.8, 4) is 11.5 Å². The van der Waals surface area contributed by atoms with Crippen LogP contribution in [0.4, 0.5) is 0 Å². The molecule has 0 bridgehead atoms. The summed E-state index contributed by atoms with van der Waals surface area (Å²) in [6.45, 7) is 1.88. The molecule has 2 heterocycles. The van der Waals surface area contributed by atoms with Crippen molar-refractivity contribution in [2.24, 2.45) is 0 Å². The van der Waals surface area contributed by atoms with Crippen molar-refractivity contribution in [3.63, 3.8) is 0 Å². The first-order valence-corrected chi connectivity index (χ1v) is 6.86. The number of aromatic nitrogens is 2. The second-order valence-electron chi connectivity index (χ2n) is 4.33. The van der Waals surface area contributed by atoms with Gasteiger partial charge in [0, 0.05) is 12.0 Å². The van der Waals surface area contributed by atoms with Crippen LogP contribution in [0.5, 0.6) is 0 Å². The Morgan fingerprint density at radius 2 is 2.05 bits per heavy atom. The molecule has 0 spiro atoms. The van der Waals surface area contributed by atoms with Crippen molar-refractivity contribution in [1.29, 1.82) is 0 Å². The molecule has 1 aliphatic heterocycles. The van der Waals surface area contributed by atoms with Gasteiger partial charge in [-0.2, -0.15) is 0 Å². The van der Waals surface area contributed by atoms with Gasteiger partial charge in [-0.3, -0.25) is 4.79 Å². The fraction of sp³-hybridized carbons (Fsp3) is 0.308. The van der Waals surface area contributed by atoms with E-state index < -0.39 is 0 Å². The first-order valence-electron chi connectivity index (χ1n) is 5.98. The fourth-order valence-electron chi connectivity index (χ4n) is 1.89. The Labute approximate surface area is 114 Å². The molecule has 2 aromatic rings. The fourth-order valence-corrected chi connectivity index (χ4v) is 2.87. The van der Waals surface area contributed by atoms with Crippen LogP contribution in [0.3, 0.4) is 0 Å². The van der Waals surface area contributed by atoms with Gasteiger partial charge in [-0.1, -0.05) is 18.2 Å². The summed E-state index contributed by atoms with van der Waals surface area (Å²) >= 11 is 1.26. The third-order valence-electron chi connectivity index (χ3n) is 2.80. The summed E-state index contributed by atoms with van der Waals surface area (Å²) in [5, 5.41) is 8.08. The Hall–Kier alpha value is -1.82. The molecule has 0 amide bonds. The van der Waals surface area contributed by atoms with Gasteiger partial charge in [0.15, 0.2) is 0 Å². The largest absolute Gasteiger partial charge is 0.462 e. The predicted molar refractivity (Wildman–Crippen MR) is 69.6 cm³/mol. The molecule has 2 atom stereocenters. The van der Waals surface area contributed by atoms with Gasteiger partial charge in [-0.25, -0.2) is 0 Å². The monoisotopic (exact) mass is 276 g/mol. The van der Waals surface area contributed by atoms with E-state index in [-0.39, 0.29) is 17.3 Å². The van der Waals surface area contributed by atoms with Crippen molar-refractivity contribution >= 4 is 17.7 Å². The molecule has 1 fully saturated rings. The van der Waals surface area contributed by atoms with Gasteiger partial charge in [0.2, 0.25) is 5.89 Å². The Balaban J connectivity index is 1.74. The lowest BCUT2D eigenvalue weighted by atomic mass is 10.2. The Morgan fingerprint density at radius 3 is 2.74 bits per heavy atom. The van der Waals surface area contributed by atoms with Crippen molar-refractivity contribution in [2.45, 2.75) is 29.9 Å². The zero-order valence-corrected chi connectivity index (χ0v) is 11.1. The molecule has 1 aliphatic rings. The first-order chi connectivity index (χ1) is 9.22. The van der Waals surface area contributed by atoms with Gasteiger partial charge in [0.25, 0.3) is 5.22 Å². The van der Waals surface area contributed by atoms with Crippen LogP contribution in [-0.2, 0) is 9.53 Å². The third-order valence-corrected chi connectivity index (χ3v) is 3.83. The number of rotatable bonds is 3. The number of nitrogens with zero attached hydrogens (tertiary/aromatic N) is 2. The van der Waals surface area contributed by atoms with Gasteiger partial charge in [-0.05, 0) is 30.8 Å². The minimum absolute atomic E-state index is 0.0403. The van der Waals surface area contributed by atoms with Crippen molar-refractivity contribution < 1.29 is 13.9 Å². The van der Waals surface area contributed by atoms with Gasteiger partial charge in [0.1, 0.15) is 11.4 Å². The maximum absolute atomic E-state index is 11.5. The van der Waals surface area contributed by atoms with Crippen LogP contribution in [0.2, 0.25) is 0 Å². The highest BCUT2D eigenvalue weighted by atomic mass is 32.2. The third kappa shape index (κ3) is 2.63. The molecule has 6 heteroatoms. The number of hydrogen-bond donors (Lipinski definition) is 0. The summed E-state index contributed by atoms with van der Waals surface area (Å²) in [6, 6.07) is 9.53. The minimum atomic E-state index is -0.251. The van der Waals surface area contributed by atoms with Crippen LogP contribution in [0.1, 0.15) is 13.3 Å². The van der Waals surface area contributed by atoms with Gasteiger partial charge in [0.05, 0.1) is 0 Å². The number of thioether (sulfide) groups is 1. The molecule has 0 aliphatic carbocycles. The topological polar surface area (TPSA) is 65.2 Å². The van der Waals surface area contributed by atoms with E-state index in [9.17, 15) is 4.79 Å². The molecule has 1 aromatic heterocycles. The van der Waals surface area contributed by atoms with Crippen LogP contribution in [0.25, 0.3) is 11.5 Å². The average Bonchev–Trinajstić information content (AvgIpc) is 2.99. The lowest BCUT2D eigenvalue weighted by molar-refractivity contribution is -0.140. The Morgan fingerprint density at radius 1 is 1.26 bits per heavy atom. The average molecular weight is 276 g/mol. The number of carbonyl (C=O) groups is 1. The molecule has 0 unspecified atom stereocenters. The molecule has 3 rings (SSSR count). The van der Waals surface area contributed by atoms with E-state index in [4.69, 9.17) is 9.15 Å². The SMILES string of the molecule is C[C@@H]1C[C@H](Sc2nnc(-c3ccccc3)o2)C(=O)O1. The molecule has 1 aromatic carbocycles. The lowest BCUT2D eigenvalue weighted by Gasteiger charge is -1.99. The molecular formula is C13H12N2O3S. The molecule has 5 nitrogen and oxygen atoms in total. The zero-order valence-electron chi connectivity index (χ0n) is 10.3. The summed E-state index contributed by atoms with van der Waals surface area (Å²) in [7, 11) is 0. The zero-order chi connectivity index (χ0) is 13.2. The van der Waals surface area contributed by atoms with E-state index in [1.54, 1.807) is 0 Å². The molecule has 0 N–H and O–H groups in total. The van der Waals surface area contributed by atoms with Crippen LogP contribution in [-0.4, -0.2) is 27.5 Å². The quantitative estimate of drug-likeness (QED) is 0.803. The highest BCUT2D eigenvalue weighted by Gasteiger charge is 2.34. The summed E-state index contributed by atoms with van der Waals surface area (Å²) in [5.41, 5.74) is 0.865. The Bertz CT molecular complexity index is 585. The standard InChI is InChI=1S/C13H12N2O3S/c1-8-7-10(12(16)17-8)19-13-15-14-11(18-13)9-5-3-2-4-6-9/h2-6,8,10H,7H2,1H3/t8-,10+/m1/s1. The number of benzene rings is 1. The normalized spacial score (nSPS) is 22.5. The summed E-state index contributed by atoms with van der Waals surface area (Å²) in [5.74, 6) is 0.250. The van der Waals surface area contributed by atoms with Gasteiger partial charge in [-0.15, -0.1) is 10.2 Å². The van der Waals surface area contributed by atoms with E-state index in [0.29, 0.717) is 17.5 Å². The van der Waals surface area contributed by atoms with E-state index in [1.807, 2.05) is 37.3 Å². The highest BCUT2D eigenvalue weighted by molar-refractivity contribution is 8.00. The van der Waals surface area contributed by atoms with E-state index >= 15 is 0 Å². The minimum Gasteiger partial charge on any atom is -0.462 e. The molecule has 0 saturated carbocycles. The van der Waals surface area contributed by atoms with Crippen LogP contribution in [0.15, 0.2) is 40.0 Å². The maximum atomic E-state index is 11.5. The van der Waals surface area contributed by atoms with Crippen molar-refractivity contribution in [2.75, 3.05) is 0 Å². The van der Waals surface area contributed by atoms with Crippen molar-refractivity contribution in [3.05, 3.63) is 30.3 Å². The van der Waals surface area contributed by atoms with E-state index in [1.165, 1.54) is 11.8 Å². The predicted octanol–water partition coefficient (Wildman–Crippen LogP) is 2.53. The number of hydrogen-bond acceptors (Lipinski definition) is 6. The molecule has 0 radical (unpaired) electrons. The van der Waals surface area contributed by atoms with Crippen molar-refractivity contribution in [1.82, 2.24) is 10.2 Å². The number of carbonyl (C=O) groups excluding carboxylic acids is 1.